The average molecular weight is 198 g/mol. The van der Waals surface area contributed by atoms with E-state index in [0.717, 1.165) is 3.97 Å². The molecule has 0 aliphatic rings. The first-order valence-electron chi connectivity index (χ1n) is 3.50. The van der Waals surface area contributed by atoms with Crippen LogP contribution >= 0.6 is 12.8 Å². The summed E-state index contributed by atoms with van der Waals surface area (Å²) in [6.45, 7) is 1.62. The number of aromatic amines is 2. The first kappa shape index (κ1) is 8.11. The molecular weight excluding hydrogens is 192 g/mol. The maximum atomic E-state index is 11.4. The predicted octanol–water partition coefficient (Wildman–Crippen LogP) is -0.586. The Bertz CT molecular complexity index is 578. The third-order valence-corrected chi connectivity index (χ3v) is 2.16. The third-order valence-electron chi connectivity index (χ3n) is 1.69. The lowest BCUT2D eigenvalue weighted by atomic mass is 10.5. The van der Waals surface area contributed by atoms with Crippen molar-refractivity contribution >= 4 is 24.0 Å². The zero-order valence-corrected chi connectivity index (χ0v) is 7.55. The van der Waals surface area contributed by atoms with E-state index in [0.29, 0.717) is 5.82 Å². The lowest BCUT2D eigenvalue weighted by Gasteiger charge is -1.98. The highest BCUT2D eigenvalue weighted by Gasteiger charge is 2.07. The molecule has 0 aliphatic carbocycles. The van der Waals surface area contributed by atoms with Gasteiger partial charge in [-0.25, -0.2) is 13.8 Å². The van der Waals surface area contributed by atoms with Gasteiger partial charge in [0.05, 0.1) is 0 Å². The number of aromatic nitrogens is 4. The van der Waals surface area contributed by atoms with Crippen LogP contribution in [-0.4, -0.2) is 18.9 Å². The summed E-state index contributed by atoms with van der Waals surface area (Å²) in [5, 5.41) is 0. The second kappa shape index (κ2) is 2.49. The molecule has 0 amide bonds. The molecule has 0 saturated heterocycles. The zero-order valence-electron chi connectivity index (χ0n) is 6.66. The number of aryl methyl sites for hydroxylation is 1. The van der Waals surface area contributed by atoms with Crippen molar-refractivity contribution in [1.82, 2.24) is 18.9 Å². The Kier molecular flexibility index (Phi) is 1.56. The SMILES string of the molecule is Cc1nc2[nH]c(=O)[nH]c2c(=O)n1S. The van der Waals surface area contributed by atoms with Gasteiger partial charge in [-0.05, 0) is 6.92 Å². The van der Waals surface area contributed by atoms with Crippen molar-refractivity contribution < 1.29 is 0 Å². The molecule has 2 rings (SSSR count). The highest BCUT2D eigenvalue weighted by atomic mass is 32.1. The number of nitrogens with one attached hydrogen (secondary N) is 2. The van der Waals surface area contributed by atoms with E-state index in [1.807, 2.05) is 0 Å². The minimum absolute atomic E-state index is 0.144. The Morgan fingerprint density at radius 3 is 2.77 bits per heavy atom. The molecule has 6 nitrogen and oxygen atoms in total. The van der Waals surface area contributed by atoms with Gasteiger partial charge in [0.25, 0.3) is 5.56 Å². The van der Waals surface area contributed by atoms with Gasteiger partial charge in [-0.3, -0.25) is 14.8 Å². The quantitative estimate of drug-likeness (QED) is 0.495. The van der Waals surface area contributed by atoms with E-state index in [2.05, 4.69) is 27.8 Å². The second-order valence-electron chi connectivity index (χ2n) is 2.58. The summed E-state index contributed by atoms with van der Waals surface area (Å²) in [6, 6.07) is 0. The van der Waals surface area contributed by atoms with E-state index >= 15 is 0 Å². The standard InChI is InChI=1S/C6H6N4O2S/c1-2-7-4-3(5(11)10(2)13)8-6(12)9-4/h13H,1H3,(H2,8,9,12). The zero-order chi connectivity index (χ0) is 9.59. The van der Waals surface area contributed by atoms with Gasteiger partial charge in [-0.2, -0.15) is 0 Å². The molecule has 0 spiro atoms. The maximum Gasteiger partial charge on any atom is 0.325 e. The van der Waals surface area contributed by atoms with Crippen LogP contribution in [0.2, 0.25) is 0 Å². The smallest absolute Gasteiger partial charge is 0.300 e. The normalized spacial score (nSPS) is 10.9. The van der Waals surface area contributed by atoms with Crippen LogP contribution in [0.4, 0.5) is 0 Å². The summed E-state index contributed by atoms with van der Waals surface area (Å²) in [7, 11) is 0. The van der Waals surface area contributed by atoms with E-state index in [1.54, 1.807) is 6.92 Å². The summed E-state index contributed by atoms with van der Waals surface area (Å²) in [5.41, 5.74) is -0.425. The van der Waals surface area contributed by atoms with E-state index in [9.17, 15) is 9.59 Å². The fraction of sp³-hybridized carbons (Fsp3) is 0.167. The first-order valence-corrected chi connectivity index (χ1v) is 3.90. The fourth-order valence-electron chi connectivity index (χ4n) is 1.07. The van der Waals surface area contributed by atoms with Gasteiger partial charge in [0.1, 0.15) is 5.82 Å². The van der Waals surface area contributed by atoms with Crippen LogP contribution in [0, 0.1) is 6.92 Å². The molecule has 0 fully saturated rings. The first-order chi connectivity index (χ1) is 6.09. The van der Waals surface area contributed by atoms with Crippen LogP contribution in [0.25, 0.3) is 11.2 Å². The lowest BCUT2D eigenvalue weighted by Crippen LogP contribution is -2.17. The highest BCUT2D eigenvalue weighted by Crippen LogP contribution is 1.99. The van der Waals surface area contributed by atoms with E-state index in [-0.39, 0.29) is 16.7 Å². The van der Waals surface area contributed by atoms with Gasteiger partial charge in [0.15, 0.2) is 11.2 Å². The van der Waals surface area contributed by atoms with Crippen molar-refractivity contribution in [2.45, 2.75) is 6.92 Å². The Morgan fingerprint density at radius 1 is 1.38 bits per heavy atom. The minimum Gasteiger partial charge on any atom is -0.300 e. The molecule has 0 radical (unpaired) electrons. The summed E-state index contributed by atoms with van der Waals surface area (Å²) in [6.07, 6.45) is 0. The Balaban J connectivity index is 3.10. The minimum atomic E-state index is -0.446. The molecule has 0 atom stereocenters. The fourth-order valence-corrected chi connectivity index (χ4v) is 1.22. The largest absolute Gasteiger partial charge is 0.325 e. The van der Waals surface area contributed by atoms with Crippen LogP contribution in [0.15, 0.2) is 9.59 Å². The molecule has 7 heteroatoms. The molecule has 0 bridgehead atoms. The molecule has 0 saturated carbocycles. The summed E-state index contributed by atoms with van der Waals surface area (Å²) >= 11 is 3.90. The molecule has 2 aromatic rings. The van der Waals surface area contributed by atoms with Crippen LogP contribution in [0.1, 0.15) is 5.82 Å². The molecule has 2 N–H and O–H groups in total. The molecule has 2 heterocycles. The second-order valence-corrected chi connectivity index (χ2v) is 2.98. The van der Waals surface area contributed by atoms with Crippen molar-refractivity contribution in [3.63, 3.8) is 0 Å². The molecule has 68 valence electrons. The number of hydrogen-bond donors (Lipinski definition) is 3. The van der Waals surface area contributed by atoms with E-state index < -0.39 is 5.69 Å². The van der Waals surface area contributed by atoms with Crippen LogP contribution in [0.5, 0.6) is 0 Å². The third kappa shape index (κ3) is 1.08. The Labute approximate surface area is 77.2 Å². The van der Waals surface area contributed by atoms with E-state index in [4.69, 9.17) is 0 Å². The summed E-state index contributed by atoms with van der Waals surface area (Å²) in [4.78, 5) is 31.0. The Morgan fingerprint density at radius 2 is 2.08 bits per heavy atom. The van der Waals surface area contributed by atoms with Crippen LogP contribution in [0.3, 0.4) is 0 Å². The average Bonchev–Trinajstić information content (AvgIpc) is 2.42. The molecule has 0 aliphatic heterocycles. The maximum absolute atomic E-state index is 11.4. The van der Waals surface area contributed by atoms with Crippen molar-refractivity contribution in [3.8, 4) is 0 Å². The van der Waals surface area contributed by atoms with Crippen molar-refractivity contribution in [2.75, 3.05) is 0 Å². The molecule has 2 aromatic heterocycles. The number of hydrogen-bond acceptors (Lipinski definition) is 4. The topological polar surface area (TPSA) is 83.5 Å². The highest BCUT2D eigenvalue weighted by molar-refractivity contribution is 7.78. The van der Waals surface area contributed by atoms with Gasteiger partial charge >= 0.3 is 5.69 Å². The van der Waals surface area contributed by atoms with Gasteiger partial charge in [-0.15, -0.1) is 0 Å². The van der Waals surface area contributed by atoms with Crippen molar-refractivity contribution in [2.24, 2.45) is 0 Å². The number of fused-ring (bicyclic) bond motifs is 1. The monoisotopic (exact) mass is 198 g/mol. The van der Waals surface area contributed by atoms with Crippen molar-refractivity contribution in [1.29, 1.82) is 0 Å². The number of H-pyrrole nitrogens is 2. The van der Waals surface area contributed by atoms with Gasteiger partial charge < -0.3 is 0 Å². The number of nitrogens with zero attached hydrogens (tertiary/aromatic N) is 2. The van der Waals surface area contributed by atoms with Crippen molar-refractivity contribution in [3.05, 3.63) is 26.7 Å². The van der Waals surface area contributed by atoms with Crippen LogP contribution < -0.4 is 11.2 Å². The molecule has 0 unspecified atom stereocenters. The van der Waals surface area contributed by atoms with Gasteiger partial charge in [-0.1, -0.05) is 12.8 Å². The molecule has 0 aromatic carbocycles. The number of thiol groups is 1. The van der Waals surface area contributed by atoms with Gasteiger partial charge in [0.2, 0.25) is 0 Å². The van der Waals surface area contributed by atoms with Gasteiger partial charge in [0, 0.05) is 0 Å². The van der Waals surface area contributed by atoms with Crippen LogP contribution in [-0.2, 0) is 0 Å². The summed E-state index contributed by atoms with van der Waals surface area (Å²) in [5.74, 6) is 0.427. The number of rotatable bonds is 0. The summed E-state index contributed by atoms with van der Waals surface area (Å²) < 4.78 is 1.08. The molecule has 13 heavy (non-hydrogen) atoms. The lowest BCUT2D eigenvalue weighted by molar-refractivity contribution is 0.999. The van der Waals surface area contributed by atoms with E-state index in [1.165, 1.54) is 0 Å². The predicted molar refractivity (Wildman–Crippen MR) is 50.1 cm³/mol. The number of imidazole rings is 1. The Hall–Kier alpha value is -1.50. The molecular formula is C6H6N4O2S.